The molecule has 0 radical (unpaired) electrons. The van der Waals surface area contributed by atoms with Crippen molar-refractivity contribution in [3.8, 4) is 0 Å². The zero-order chi connectivity index (χ0) is 19.8. The molecule has 1 aromatic carbocycles. The monoisotopic (exact) mass is 510 g/mol. The Morgan fingerprint density at radius 2 is 1.76 bits per heavy atom. The highest BCUT2D eigenvalue weighted by Gasteiger charge is 2.27. The molecule has 2 heterocycles. The predicted octanol–water partition coefficient (Wildman–Crippen LogP) is 3.48. The van der Waals surface area contributed by atoms with E-state index in [4.69, 9.17) is 0 Å². The lowest BCUT2D eigenvalue weighted by Crippen LogP contribution is -2.54. The molecule has 1 fully saturated rings. The van der Waals surface area contributed by atoms with Gasteiger partial charge >= 0.3 is 0 Å². The quantitative estimate of drug-likeness (QED) is 0.340. The Kier molecular flexibility index (Phi) is 9.42. The Morgan fingerprint density at radius 3 is 2.38 bits per heavy atom. The number of hydrogen-bond donors (Lipinski definition) is 2. The summed E-state index contributed by atoms with van der Waals surface area (Å²) >= 11 is 0. The van der Waals surface area contributed by atoms with E-state index in [2.05, 4.69) is 68.2 Å². The van der Waals surface area contributed by atoms with Gasteiger partial charge in [0.1, 0.15) is 0 Å². The first-order valence-electron chi connectivity index (χ1n) is 10.3. The molecule has 1 saturated heterocycles. The van der Waals surface area contributed by atoms with Crippen LogP contribution in [0.2, 0.25) is 0 Å². The molecule has 0 spiro atoms. The minimum absolute atomic E-state index is 0. The summed E-state index contributed by atoms with van der Waals surface area (Å²) in [7, 11) is 1.83. The molecule has 0 bridgehead atoms. The molecular weight excluding hydrogens is 475 g/mol. The van der Waals surface area contributed by atoms with E-state index in [1.54, 1.807) is 0 Å². The molecule has 2 aromatic rings. The van der Waals surface area contributed by atoms with Gasteiger partial charge in [0.25, 0.3) is 0 Å². The topological polar surface area (TPSA) is 57.5 Å². The summed E-state index contributed by atoms with van der Waals surface area (Å²) in [5, 5.41) is 6.94. The number of benzene rings is 1. The lowest BCUT2D eigenvalue weighted by Gasteiger charge is -2.41. The van der Waals surface area contributed by atoms with Crippen LogP contribution in [0.15, 0.2) is 48.0 Å². The maximum atomic E-state index is 4.38. The first-order valence-corrected chi connectivity index (χ1v) is 10.3. The molecule has 0 amide bonds. The molecule has 160 valence electrons. The van der Waals surface area contributed by atoms with Crippen LogP contribution in [0.3, 0.4) is 0 Å². The minimum atomic E-state index is 0. The van der Waals surface area contributed by atoms with Crippen LogP contribution in [0.4, 0.5) is 0 Å². The average molecular weight is 510 g/mol. The van der Waals surface area contributed by atoms with Gasteiger partial charge in [0, 0.05) is 44.6 Å². The third-order valence-electron chi connectivity index (χ3n) is 5.53. The first kappa shape index (κ1) is 23.7. The zero-order valence-corrected chi connectivity index (χ0v) is 20.2. The molecular formula is C22H35IN6. The second-order valence-corrected chi connectivity index (χ2v) is 8.19. The fourth-order valence-corrected chi connectivity index (χ4v) is 3.67. The van der Waals surface area contributed by atoms with Crippen molar-refractivity contribution in [2.45, 2.75) is 51.7 Å². The molecule has 3 rings (SSSR count). The molecule has 0 unspecified atom stereocenters. The summed E-state index contributed by atoms with van der Waals surface area (Å²) in [4.78, 5) is 11.1. The normalized spacial score (nSPS) is 15.6. The van der Waals surface area contributed by atoms with Crippen molar-refractivity contribution >= 4 is 29.9 Å². The van der Waals surface area contributed by atoms with Crippen LogP contribution in [0.25, 0.3) is 0 Å². The fraction of sp³-hybridized carbons (Fsp3) is 0.545. The number of hydrogen-bond acceptors (Lipinski definition) is 3. The van der Waals surface area contributed by atoms with E-state index >= 15 is 0 Å². The molecule has 7 heteroatoms. The van der Waals surface area contributed by atoms with Crippen molar-refractivity contribution in [2.24, 2.45) is 4.99 Å². The average Bonchev–Trinajstić information content (AvgIpc) is 3.23. The molecule has 29 heavy (non-hydrogen) atoms. The zero-order valence-electron chi connectivity index (χ0n) is 17.9. The number of piperidine rings is 1. The van der Waals surface area contributed by atoms with Gasteiger partial charge in [0.2, 0.25) is 0 Å². The van der Waals surface area contributed by atoms with Gasteiger partial charge in [-0.15, -0.1) is 24.0 Å². The van der Waals surface area contributed by atoms with E-state index < -0.39 is 0 Å². The van der Waals surface area contributed by atoms with Crippen LogP contribution in [0.5, 0.6) is 0 Å². The maximum absolute atomic E-state index is 4.38. The number of nitrogens with zero attached hydrogens (tertiary/aromatic N) is 4. The predicted molar refractivity (Wildman–Crippen MR) is 131 cm³/mol. The molecule has 0 atom stereocenters. The minimum Gasteiger partial charge on any atom is -0.355 e. The van der Waals surface area contributed by atoms with Gasteiger partial charge in [0.05, 0.1) is 6.33 Å². The second-order valence-electron chi connectivity index (χ2n) is 8.19. The number of aliphatic imine (C=N–C) groups is 1. The molecule has 1 aliphatic heterocycles. The van der Waals surface area contributed by atoms with Crippen LogP contribution in [0, 0.1) is 0 Å². The summed E-state index contributed by atoms with van der Waals surface area (Å²) in [6.07, 6.45) is 9.63. The molecule has 6 nitrogen and oxygen atoms in total. The van der Waals surface area contributed by atoms with E-state index in [-0.39, 0.29) is 29.5 Å². The van der Waals surface area contributed by atoms with Gasteiger partial charge in [-0.05, 0) is 50.9 Å². The summed E-state index contributed by atoms with van der Waals surface area (Å²) in [6.45, 7) is 9.53. The van der Waals surface area contributed by atoms with Gasteiger partial charge in [-0.3, -0.25) is 9.89 Å². The second kappa shape index (κ2) is 11.5. The van der Waals surface area contributed by atoms with Gasteiger partial charge in [0.15, 0.2) is 5.96 Å². The third-order valence-corrected chi connectivity index (χ3v) is 5.53. The molecule has 1 aromatic heterocycles. The Hall–Kier alpha value is -1.61. The van der Waals surface area contributed by atoms with Gasteiger partial charge in [-0.2, -0.15) is 0 Å². The summed E-state index contributed by atoms with van der Waals surface area (Å²) in [5.41, 5.74) is 2.65. The summed E-state index contributed by atoms with van der Waals surface area (Å²) < 4.78 is 2.07. The van der Waals surface area contributed by atoms with Crippen molar-refractivity contribution in [3.63, 3.8) is 0 Å². The van der Waals surface area contributed by atoms with Crippen LogP contribution in [-0.2, 0) is 13.1 Å². The van der Waals surface area contributed by atoms with E-state index in [0.717, 1.165) is 25.6 Å². The highest BCUT2D eigenvalue weighted by atomic mass is 127. The summed E-state index contributed by atoms with van der Waals surface area (Å²) in [6, 6.07) is 8.69. The van der Waals surface area contributed by atoms with Gasteiger partial charge in [-0.1, -0.05) is 30.7 Å². The van der Waals surface area contributed by atoms with E-state index in [1.165, 1.54) is 43.5 Å². The van der Waals surface area contributed by atoms with Crippen LogP contribution in [-0.4, -0.2) is 52.6 Å². The first-order chi connectivity index (χ1) is 13.6. The van der Waals surface area contributed by atoms with Crippen molar-refractivity contribution in [1.29, 1.82) is 0 Å². The van der Waals surface area contributed by atoms with E-state index in [0.29, 0.717) is 0 Å². The number of likely N-dealkylation sites (tertiary alicyclic amines) is 1. The van der Waals surface area contributed by atoms with Gasteiger partial charge < -0.3 is 15.2 Å². The number of aromatic nitrogens is 2. The molecule has 0 aliphatic carbocycles. The van der Waals surface area contributed by atoms with Crippen molar-refractivity contribution in [2.75, 3.05) is 26.7 Å². The molecule has 0 saturated carbocycles. The smallest absolute Gasteiger partial charge is 0.191 e. The Bertz CT molecular complexity index is 733. The third kappa shape index (κ3) is 7.29. The lowest BCUT2D eigenvalue weighted by atomic mass is 9.98. The van der Waals surface area contributed by atoms with Crippen molar-refractivity contribution in [3.05, 3.63) is 54.1 Å². The van der Waals surface area contributed by atoms with E-state index in [1.807, 2.05) is 25.8 Å². The fourth-order valence-electron chi connectivity index (χ4n) is 3.67. The lowest BCUT2D eigenvalue weighted by molar-refractivity contribution is 0.0982. The number of nitrogens with one attached hydrogen (secondary N) is 2. The van der Waals surface area contributed by atoms with Crippen LogP contribution < -0.4 is 10.6 Å². The van der Waals surface area contributed by atoms with Crippen molar-refractivity contribution < 1.29 is 0 Å². The maximum Gasteiger partial charge on any atom is 0.191 e. The number of halogens is 1. The molecule has 1 aliphatic rings. The number of imidazole rings is 1. The SMILES string of the molecule is CN=C(NCc1ccc(Cn2ccnc2)cc1)NCC(C)(C)N1CCCCC1.I. The van der Waals surface area contributed by atoms with Crippen molar-refractivity contribution in [1.82, 2.24) is 25.1 Å². The highest BCUT2D eigenvalue weighted by Crippen LogP contribution is 2.19. The Morgan fingerprint density at radius 1 is 1.07 bits per heavy atom. The van der Waals surface area contributed by atoms with Crippen LogP contribution >= 0.6 is 24.0 Å². The summed E-state index contributed by atoms with van der Waals surface area (Å²) in [5.74, 6) is 0.854. The largest absolute Gasteiger partial charge is 0.355 e. The Balaban J connectivity index is 0.00000300. The van der Waals surface area contributed by atoms with Gasteiger partial charge in [-0.25, -0.2) is 4.98 Å². The van der Waals surface area contributed by atoms with E-state index in [9.17, 15) is 0 Å². The standard InChI is InChI=1S/C22H34N6.HI/c1-22(2,28-12-5-4-6-13-28)17-26-21(23-3)25-15-19-7-9-20(10-8-19)16-27-14-11-24-18-27;/h7-11,14,18H,4-6,12-13,15-17H2,1-3H3,(H2,23,25,26);1H. The Labute approximate surface area is 192 Å². The highest BCUT2D eigenvalue weighted by molar-refractivity contribution is 14.0. The molecule has 2 N–H and O–H groups in total. The number of guanidine groups is 1. The number of rotatable bonds is 7. The van der Waals surface area contributed by atoms with Crippen LogP contribution in [0.1, 0.15) is 44.2 Å².